The van der Waals surface area contributed by atoms with E-state index in [0.717, 1.165) is 16.0 Å². The molecule has 3 amide bonds. The third kappa shape index (κ3) is 4.40. The van der Waals surface area contributed by atoms with Crippen molar-refractivity contribution >= 4 is 40.7 Å². The van der Waals surface area contributed by atoms with E-state index in [-0.39, 0.29) is 16.6 Å². The van der Waals surface area contributed by atoms with E-state index < -0.39 is 11.8 Å². The van der Waals surface area contributed by atoms with Gasteiger partial charge >= 0.3 is 0 Å². The van der Waals surface area contributed by atoms with Crippen LogP contribution in [0.1, 0.15) is 21.5 Å². The molecule has 0 radical (unpaired) electrons. The highest BCUT2D eigenvalue weighted by atomic mass is 35.5. The number of rotatable bonds is 6. The molecular weight excluding hydrogens is 426 g/mol. The molecule has 1 aliphatic heterocycles. The highest BCUT2D eigenvalue weighted by Crippen LogP contribution is 2.30. The molecule has 160 valence electrons. The van der Waals surface area contributed by atoms with Gasteiger partial charge in [0.1, 0.15) is 10.7 Å². The molecule has 32 heavy (non-hydrogen) atoms. The Morgan fingerprint density at radius 1 is 0.906 bits per heavy atom. The van der Waals surface area contributed by atoms with Crippen LogP contribution < -0.4 is 15.5 Å². The molecular formula is C25H20ClN3O3. The van der Waals surface area contributed by atoms with Crippen molar-refractivity contribution in [2.45, 2.75) is 13.5 Å². The van der Waals surface area contributed by atoms with Crippen LogP contribution >= 0.6 is 11.6 Å². The largest absolute Gasteiger partial charge is 0.350 e. The first-order valence-corrected chi connectivity index (χ1v) is 10.4. The number of nitrogens with zero attached hydrogens (tertiary/aromatic N) is 1. The molecule has 0 unspecified atom stereocenters. The summed E-state index contributed by atoms with van der Waals surface area (Å²) in [5.74, 6) is -1.41. The van der Waals surface area contributed by atoms with Crippen LogP contribution in [0.5, 0.6) is 0 Å². The third-order valence-electron chi connectivity index (χ3n) is 5.01. The lowest BCUT2D eigenvalue weighted by molar-refractivity contribution is -0.120. The SMILES string of the molecule is Cc1ccc(N2C(=O)C(Cl)=C(Nc3cccc(C(=O)NCc4ccccc4)c3)C2=O)cc1. The van der Waals surface area contributed by atoms with Gasteiger partial charge in [-0.15, -0.1) is 0 Å². The van der Waals surface area contributed by atoms with Crippen LogP contribution in [0.25, 0.3) is 0 Å². The second-order valence-electron chi connectivity index (χ2n) is 7.34. The smallest absolute Gasteiger partial charge is 0.283 e. The van der Waals surface area contributed by atoms with Crippen molar-refractivity contribution in [3.63, 3.8) is 0 Å². The van der Waals surface area contributed by atoms with Crippen LogP contribution in [-0.2, 0) is 16.1 Å². The fraction of sp³-hybridized carbons (Fsp3) is 0.0800. The number of amides is 3. The van der Waals surface area contributed by atoms with Crippen LogP contribution in [0, 0.1) is 6.92 Å². The molecule has 0 aliphatic carbocycles. The van der Waals surface area contributed by atoms with E-state index in [1.54, 1.807) is 36.4 Å². The predicted molar refractivity (Wildman–Crippen MR) is 124 cm³/mol. The quantitative estimate of drug-likeness (QED) is 0.552. The molecule has 3 aromatic carbocycles. The molecule has 1 aliphatic rings. The Morgan fingerprint density at radius 3 is 2.34 bits per heavy atom. The molecule has 0 saturated heterocycles. The second-order valence-corrected chi connectivity index (χ2v) is 7.72. The summed E-state index contributed by atoms with van der Waals surface area (Å²) < 4.78 is 0. The summed E-state index contributed by atoms with van der Waals surface area (Å²) in [4.78, 5) is 39.1. The van der Waals surface area contributed by atoms with Gasteiger partial charge in [0.05, 0.1) is 5.69 Å². The third-order valence-corrected chi connectivity index (χ3v) is 5.36. The van der Waals surface area contributed by atoms with Gasteiger partial charge in [-0.1, -0.05) is 65.7 Å². The van der Waals surface area contributed by atoms with E-state index >= 15 is 0 Å². The minimum absolute atomic E-state index is 0.0286. The number of halogens is 1. The first-order valence-electron chi connectivity index (χ1n) is 9.98. The molecule has 4 rings (SSSR count). The van der Waals surface area contributed by atoms with E-state index in [9.17, 15) is 14.4 Å². The molecule has 0 atom stereocenters. The molecule has 6 nitrogen and oxygen atoms in total. The molecule has 1 heterocycles. The molecule has 0 saturated carbocycles. The van der Waals surface area contributed by atoms with Gasteiger partial charge in [0.15, 0.2) is 0 Å². The van der Waals surface area contributed by atoms with Crippen LogP contribution in [0.3, 0.4) is 0 Å². The highest BCUT2D eigenvalue weighted by molar-refractivity contribution is 6.53. The van der Waals surface area contributed by atoms with Gasteiger partial charge in [-0.25, -0.2) is 4.90 Å². The van der Waals surface area contributed by atoms with Gasteiger partial charge in [0.2, 0.25) is 0 Å². The summed E-state index contributed by atoms with van der Waals surface area (Å²) >= 11 is 6.20. The summed E-state index contributed by atoms with van der Waals surface area (Å²) in [6, 6.07) is 23.2. The van der Waals surface area contributed by atoms with Crippen molar-refractivity contribution in [1.29, 1.82) is 0 Å². The zero-order valence-electron chi connectivity index (χ0n) is 17.3. The topological polar surface area (TPSA) is 78.5 Å². The number of nitrogens with one attached hydrogen (secondary N) is 2. The van der Waals surface area contributed by atoms with Crippen LogP contribution in [0.4, 0.5) is 11.4 Å². The van der Waals surface area contributed by atoms with E-state index in [1.165, 1.54) is 0 Å². The average molecular weight is 446 g/mol. The summed E-state index contributed by atoms with van der Waals surface area (Å²) in [6.07, 6.45) is 0. The molecule has 0 bridgehead atoms. The number of aryl methyl sites for hydroxylation is 1. The predicted octanol–water partition coefficient (Wildman–Crippen LogP) is 4.36. The summed E-state index contributed by atoms with van der Waals surface area (Å²) in [5.41, 5.74) is 3.28. The lowest BCUT2D eigenvalue weighted by atomic mass is 10.1. The van der Waals surface area contributed by atoms with Crippen molar-refractivity contribution in [3.8, 4) is 0 Å². The zero-order chi connectivity index (χ0) is 22.7. The lowest BCUT2D eigenvalue weighted by Gasteiger charge is -2.15. The van der Waals surface area contributed by atoms with E-state index in [4.69, 9.17) is 11.6 Å². The molecule has 0 fully saturated rings. The zero-order valence-corrected chi connectivity index (χ0v) is 18.0. The van der Waals surface area contributed by atoms with Crippen LogP contribution in [-0.4, -0.2) is 17.7 Å². The Labute approximate surface area is 190 Å². The Kier molecular flexibility index (Phi) is 6.05. The van der Waals surface area contributed by atoms with E-state index in [0.29, 0.717) is 23.5 Å². The lowest BCUT2D eigenvalue weighted by Crippen LogP contribution is -2.32. The summed E-state index contributed by atoms with van der Waals surface area (Å²) in [5, 5.41) is 5.57. The van der Waals surface area contributed by atoms with Crippen molar-refractivity contribution in [1.82, 2.24) is 5.32 Å². The van der Waals surface area contributed by atoms with Gasteiger partial charge in [0.25, 0.3) is 17.7 Å². The number of carbonyl (C=O) groups is 3. The summed E-state index contributed by atoms with van der Waals surface area (Å²) in [6.45, 7) is 2.31. The highest BCUT2D eigenvalue weighted by Gasteiger charge is 2.38. The Morgan fingerprint density at radius 2 is 1.62 bits per heavy atom. The second kappa shape index (κ2) is 9.08. The van der Waals surface area contributed by atoms with Gasteiger partial charge < -0.3 is 10.6 Å². The fourth-order valence-corrected chi connectivity index (χ4v) is 3.52. The van der Waals surface area contributed by atoms with E-state index in [1.807, 2.05) is 49.4 Å². The number of anilines is 2. The van der Waals surface area contributed by atoms with E-state index in [2.05, 4.69) is 10.6 Å². The number of imide groups is 1. The van der Waals surface area contributed by atoms with Gasteiger partial charge in [-0.05, 0) is 42.8 Å². The monoisotopic (exact) mass is 445 g/mol. The maximum Gasteiger partial charge on any atom is 0.283 e. The molecule has 2 N–H and O–H groups in total. The fourth-order valence-electron chi connectivity index (χ4n) is 3.30. The van der Waals surface area contributed by atoms with Crippen LogP contribution in [0.2, 0.25) is 0 Å². The van der Waals surface area contributed by atoms with Gasteiger partial charge in [-0.3, -0.25) is 14.4 Å². The van der Waals surface area contributed by atoms with Crippen LogP contribution in [0.15, 0.2) is 89.6 Å². The number of benzene rings is 3. The molecule has 0 spiro atoms. The number of hydrogen-bond donors (Lipinski definition) is 2. The maximum absolute atomic E-state index is 12.9. The number of carbonyl (C=O) groups excluding carboxylic acids is 3. The molecule has 0 aromatic heterocycles. The first-order chi connectivity index (χ1) is 15.4. The Bertz CT molecular complexity index is 1220. The molecule has 3 aromatic rings. The minimum Gasteiger partial charge on any atom is -0.350 e. The summed E-state index contributed by atoms with van der Waals surface area (Å²) in [7, 11) is 0. The van der Waals surface area contributed by atoms with Crippen molar-refractivity contribution < 1.29 is 14.4 Å². The van der Waals surface area contributed by atoms with Crippen molar-refractivity contribution in [2.24, 2.45) is 0 Å². The van der Waals surface area contributed by atoms with Crippen molar-refractivity contribution in [2.75, 3.05) is 10.2 Å². The minimum atomic E-state index is -0.597. The Hall–Kier alpha value is -3.90. The normalized spacial score (nSPS) is 13.5. The number of hydrogen-bond acceptors (Lipinski definition) is 4. The van der Waals surface area contributed by atoms with Gasteiger partial charge in [-0.2, -0.15) is 0 Å². The average Bonchev–Trinajstić information content (AvgIpc) is 3.02. The van der Waals surface area contributed by atoms with Gasteiger partial charge in [0, 0.05) is 17.8 Å². The first kappa shape index (κ1) is 21.3. The van der Waals surface area contributed by atoms with Crippen molar-refractivity contribution in [3.05, 3.63) is 106 Å². The standard InChI is InChI=1S/C25H20ClN3O3/c1-16-10-12-20(13-11-16)29-24(31)21(26)22(25(29)32)28-19-9-5-8-18(14-19)23(30)27-15-17-6-3-2-4-7-17/h2-14,28H,15H2,1H3,(H,27,30). The molecule has 7 heteroatoms. The Balaban J connectivity index is 1.49. The maximum atomic E-state index is 12.9.